The number of aliphatic hydroxyl groups is 1. The van der Waals surface area contributed by atoms with Crippen LogP contribution < -0.4 is 4.74 Å². The van der Waals surface area contributed by atoms with Gasteiger partial charge >= 0.3 is 0 Å². The van der Waals surface area contributed by atoms with E-state index in [-0.39, 0.29) is 5.78 Å². The van der Waals surface area contributed by atoms with Crippen LogP contribution in [0.4, 0.5) is 0 Å². The van der Waals surface area contributed by atoms with Crippen LogP contribution in [-0.4, -0.2) is 28.3 Å². The summed E-state index contributed by atoms with van der Waals surface area (Å²) in [4.78, 5) is 18.5. The number of allylic oxidation sites excluding steroid dienone is 1. The SMILES string of the molecule is COc1ccccc1C(=O)c1ccc2c(c1)c1cccc3c1n2CC/C3=N\O/C(C)=C/O. The zero-order chi connectivity index (χ0) is 22.2. The Morgan fingerprint density at radius 2 is 1.94 bits per heavy atom. The van der Waals surface area contributed by atoms with Gasteiger partial charge in [0.25, 0.3) is 0 Å². The van der Waals surface area contributed by atoms with Gasteiger partial charge in [-0.2, -0.15) is 0 Å². The van der Waals surface area contributed by atoms with Crippen molar-refractivity contribution in [3.05, 3.63) is 89.4 Å². The molecule has 160 valence electrons. The Kier molecular flexibility index (Phi) is 4.90. The first-order valence-corrected chi connectivity index (χ1v) is 10.4. The molecule has 0 amide bonds. The summed E-state index contributed by atoms with van der Waals surface area (Å²) < 4.78 is 7.65. The van der Waals surface area contributed by atoms with E-state index < -0.39 is 0 Å². The quantitative estimate of drug-likeness (QED) is 0.257. The molecule has 0 fully saturated rings. The zero-order valence-corrected chi connectivity index (χ0v) is 17.8. The number of para-hydroxylation sites is 2. The minimum absolute atomic E-state index is 0.0711. The van der Waals surface area contributed by atoms with Crippen LogP contribution in [0.5, 0.6) is 5.75 Å². The molecule has 0 saturated heterocycles. The van der Waals surface area contributed by atoms with Gasteiger partial charge in [-0.3, -0.25) is 4.79 Å². The van der Waals surface area contributed by atoms with Crippen molar-refractivity contribution in [2.24, 2.45) is 5.16 Å². The highest BCUT2D eigenvalue weighted by Gasteiger charge is 2.23. The maximum absolute atomic E-state index is 13.2. The molecular weight excluding hydrogens is 404 g/mol. The molecule has 5 rings (SSSR count). The van der Waals surface area contributed by atoms with Gasteiger partial charge in [-0.25, -0.2) is 0 Å². The van der Waals surface area contributed by atoms with Crippen LogP contribution in [0.25, 0.3) is 21.8 Å². The average molecular weight is 426 g/mol. The number of ketones is 1. The number of nitrogens with zero attached hydrogens (tertiary/aromatic N) is 2. The predicted molar refractivity (Wildman–Crippen MR) is 124 cm³/mol. The molecule has 6 nitrogen and oxygen atoms in total. The Bertz CT molecular complexity index is 1430. The van der Waals surface area contributed by atoms with Crippen molar-refractivity contribution >= 4 is 33.3 Å². The molecule has 32 heavy (non-hydrogen) atoms. The standard InChI is InChI=1S/C26H22N2O4/c1-16(15-29)32-27-22-12-13-28-23-11-10-17(26(30)20-6-3-4-9-24(20)31-2)14-21(23)18-7-5-8-19(22)25(18)28/h3-11,14-15,29H,12-13H2,1-2H3/b16-15+,27-22+. The van der Waals surface area contributed by atoms with Gasteiger partial charge in [-0.15, -0.1) is 0 Å². The fourth-order valence-electron chi connectivity index (χ4n) is 4.35. The number of hydrogen-bond acceptors (Lipinski definition) is 5. The third-order valence-electron chi connectivity index (χ3n) is 5.86. The summed E-state index contributed by atoms with van der Waals surface area (Å²) in [7, 11) is 1.57. The van der Waals surface area contributed by atoms with Crippen LogP contribution in [0, 0.1) is 0 Å². The number of carbonyl (C=O) groups excluding carboxylic acids is 1. The highest BCUT2D eigenvalue weighted by molar-refractivity contribution is 6.20. The molecule has 4 aromatic rings. The van der Waals surface area contributed by atoms with E-state index in [1.54, 1.807) is 26.2 Å². The molecular formula is C26H22N2O4. The van der Waals surface area contributed by atoms with E-state index in [4.69, 9.17) is 14.7 Å². The van der Waals surface area contributed by atoms with Gasteiger partial charge in [0, 0.05) is 40.4 Å². The van der Waals surface area contributed by atoms with Crippen LogP contribution in [-0.2, 0) is 11.4 Å². The van der Waals surface area contributed by atoms with E-state index >= 15 is 0 Å². The lowest BCUT2D eigenvalue weighted by atomic mass is 9.99. The van der Waals surface area contributed by atoms with Gasteiger partial charge in [0.2, 0.25) is 0 Å². The lowest BCUT2D eigenvalue weighted by Crippen LogP contribution is -2.15. The Morgan fingerprint density at radius 1 is 1.09 bits per heavy atom. The second-order valence-electron chi connectivity index (χ2n) is 7.73. The van der Waals surface area contributed by atoms with Crippen molar-refractivity contribution in [3.63, 3.8) is 0 Å². The van der Waals surface area contributed by atoms with Gasteiger partial charge in [-0.05, 0) is 37.3 Å². The minimum Gasteiger partial charge on any atom is -0.512 e. The van der Waals surface area contributed by atoms with Crippen LogP contribution in [0.2, 0.25) is 0 Å². The number of rotatable bonds is 5. The Labute approximate surface area is 185 Å². The first kappa shape index (κ1) is 19.9. The van der Waals surface area contributed by atoms with Crippen LogP contribution in [0.1, 0.15) is 34.8 Å². The molecule has 1 aromatic heterocycles. The Hall–Kier alpha value is -4.06. The zero-order valence-electron chi connectivity index (χ0n) is 17.8. The number of aromatic nitrogens is 1. The lowest BCUT2D eigenvalue weighted by Gasteiger charge is -2.18. The largest absolute Gasteiger partial charge is 0.512 e. The van der Waals surface area contributed by atoms with Crippen molar-refractivity contribution in [3.8, 4) is 5.75 Å². The van der Waals surface area contributed by atoms with Crippen LogP contribution in [0.15, 0.2) is 77.8 Å². The number of methoxy groups -OCH3 is 1. The normalized spacial score (nSPS) is 14.8. The molecule has 2 heterocycles. The van der Waals surface area contributed by atoms with Crippen molar-refractivity contribution in [2.45, 2.75) is 19.9 Å². The Morgan fingerprint density at radius 3 is 2.75 bits per heavy atom. The van der Waals surface area contributed by atoms with Gasteiger partial charge in [0.15, 0.2) is 11.5 Å². The van der Waals surface area contributed by atoms with E-state index in [9.17, 15) is 4.79 Å². The minimum atomic E-state index is -0.0711. The van der Waals surface area contributed by atoms with Gasteiger partial charge in [0.1, 0.15) is 12.0 Å². The molecule has 1 N–H and O–H groups in total. The molecule has 0 aliphatic carbocycles. The summed E-state index contributed by atoms with van der Waals surface area (Å²) in [6, 6.07) is 19.2. The molecule has 0 bridgehead atoms. The number of fused-ring (bicyclic) bond motifs is 3. The van der Waals surface area contributed by atoms with E-state index in [1.807, 2.05) is 42.5 Å². The number of ether oxygens (including phenoxy) is 1. The molecule has 1 aliphatic heterocycles. The van der Waals surface area contributed by atoms with Crippen molar-refractivity contribution in [1.82, 2.24) is 4.57 Å². The first-order chi connectivity index (χ1) is 15.6. The number of aliphatic hydroxyl groups excluding tert-OH is 1. The molecule has 0 atom stereocenters. The third-order valence-corrected chi connectivity index (χ3v) is 5.86. The predicted octanol–water partition coefficient (Wildman–Crippen LogP) is 5.58. The molecule has 0 unspecified atom stereocenters. The summed E-state index contributed by atoms with van der Waals surface area (Å²) >= 11 is 0. The van der Waals surface area contributed by atoms with Crippen molar-refractivity contribution < 1.29 is 19.5 Å². The van der Waals surface area contributed by atoms with Crippen LogP contribution >= 0.6 is 0 Å². The molecule has 1 aliphatic rings. The van der Waals surface area contributed by atoms with Gasteiger partial charge < -0.3 is 19.2 Å². The van der Waals surface area contributed by atoms with E-state index in [0.717, 1.165) is 45.9 Å². The summed E-state index contributed by atoms with van der Waals surface area (Å²) in [6.07, 6.45) is 1.60. The maximum Gasteiger partial charge on any atom is 0.196 e. The third kappa shape index (κ3) is 3.12. The molecule has 0 spiro atoms. The van der Waals surface area contributed by atoms with E-state index in [0.29, 0.717) is 29.1 Å². The number of benzene rings is 3. The van der Waals surface area contributed by atoms with Gasteiger partial charge in [0.05, 0.1) is 23.9 Å². The molecule has 0 saturated carbocycles. The lowest BCUT2D eigenvalue weighted by molar-refractivity contribution is 0.103. The smallest absolute Gasteiger partial charge is 0.196 e. The molecule has 3 aromatic carbocycles. The fraction of sp³-hybridized carbons (Fsp3) is 0.154. The monoisotopic (exact) mass is 426 g/mol. The first-order valence-electron chi connectivity index (χ1n) is 10.4. The number of carbonyl (C=O) groups is 1. The second kappa shape index (κ2) is 7.89. The summed E-state index contributed by atoms with van der Waals surface area (Å²) in [5.74, 6) is 0.821. The van der Waals surface area contributed by atoms with E-state index in [1.165, 1.54) is 0 Å². The Balaban J connectivity index is 1.65. The molecule has 0 radical (unpaired) electrons. The van der Waals surface area contributed by atoms with Crippen molar-refractivity contribution in [2.75, 3.05) is 7.11 Å². The molecule has 6 heteroatoms. The summed E-state index contributed by atoms with van der Waals surface area (Å²) in [5, 5.41) is 15.4. The second-order valence-corrected chi connectivity index (χ2v) is 7.73. The van der Waals surface area contributed by atoms with Gasteiger partial charge in [-0.1, -0.05) is 35.5 Å². The maximum atomic E-state index is 13.2. The summed E-state index contributed by atoms with van der Waals surface area (Å²) in [6.45, 7) is 2.39. The fourth-order valence-corrected chi connectivity index (χ4v) is 4.35. The van der Waals surface area contributed by atoms with E-state index in [2.05, 4.69) is 15.8 Å². The highest BCUT2D eigenvalue weighted by atomic mass is 16.6. The summed E-state index contributed by atoms with van der Waals surface area (Å²) in [5.41, 5.74) is 5.14. The topological polar surface area (TPSA) is 73.1 Å². The number of hydrogen-bond donors (Lipinski definition) is 1. The van der Waals surface area contributed by atoms with Crippen LogP contribution in [0.3, 0.4) is 0 Å². The number of oxime groups is 1. The number of aryl methyl sites for hydroxylation is 1. The highest BCUT2D eigenvalue weighted by Crippen LogP contribution is 2.36. The van der Waals surface area contributed by atoms with Crippen molar-refractivity contribution in [1.29, 1.82) is 0 Å². The average Bonchev–Trinajstić information content (AvgIpc) is 3.17.